The quantitative estimate of drug-likeness (QED) is 0.461. The van der Waals surface area contributed by atoms with Crippen molar-refractivity contribution in [3.63, 3.8) is 0 Å². The maximum atomic E-state index is 10.3. The van der Waals surface area contributed by atoms with E-state index in [2.05, 4.69) is 37.0 Å². The van der Waals surface area contributed by atoms with Gasteiger partial charge in [0.1, 0.15) is 0 Å². The van der Waals surface area contributed by atoms with Crippen LogP contribution < -0.4 is 5.73 Å². The van der Waals surface area contributed by atoms with E-state index in [4.69, 9.17) is 5.73 Å². The highest BCUT2D eigenvalue weighted by Gasteiger charge is 2.33. The van der Waals surface area contributed by atoms with Gasteiger partial charge in [0, 0.05) is 0 Å². The molecule has 6 heteroatoms. The second kappa shape index (κ2) is 3.26. The summed E-state index contributed by atoms with van der Waals surface area (Å²) in [6, 6.07) is 0. The van der Waals surface area contributed by atoms with Gasteiger partial charge >= 0.3 is 0 Å². The number of hydrogen-bond acceptors (Lipinski definition) is 3. The van der Waals surface area contributed by atoms with Crippen LogP contribution in [0.4, 0.5) is 0 Å². The number of hydrogen-bond donors (Lipinski definition) is 1. The normalized spacial score (nSPS) is 16.2. The average Bonchev–Trinajstić information content (AvgIpc) is 1.86. The maximum absolute atomic E-state index is 10.3. The van der Waals surface area contributed by atoms with Crippen molar-refractivity contribution in [2.75, 3.05) is 5.33 Å². The predicted molar refractivity (Wildman–Crippen MR) is 40.4 cm³/mol. The lowest BCUT2D eigenvalue weighted by atomic mass is 10.3. The van der Waals surface area contributed by atoms with Crippen molar-refractivity contribution >= 4 is 37.8 Å². The number of carbonyl (C=O) groups is 1. The number of amides is 1. The number of nitrogens with zero attached hydrogens (tertiary/aromatic N) is 1. The molecule has 0 rings (SSSR count). The first-order valence-corrected chi connectivity index (χ1v) is 3.87. The molecule has 0 aromatic rings. The molecule has 0 radical (unpaired) electrons. The minimum Gasteiger partial charge on any atom is -0.367 e. The SMILES string of the molecule is NC(=O)C(Br)(CBr)N=O. The number of nitrogens with two attached hydrogens (primary N) is 1. The molecule has 52 valence electrons. The van der Waals surface area contributed by atoms with Gasteiger partial charge < -0.3 is 5.73 Å². The first-order valence-electron chi connectivity index (χ1n) is 1.96. The zero-order valence-corrected chi connectivity index (χ0v) is 7.48. The van der Waals surface area contributed by atoms with Gasteiger partial charge in [-0.15, -0.1) is 4.91 Å². The Kier molecular flexibility index (Phi) is 3.27. The fraction of sp³-hybridized carbons (Fsp3) is 0.667. The Balaban J connectivity index is 4.27. The molecule has 0 bridgehead atoms. The fourth-order valence-electron chi connectivity index (χ4n) is 0.135. The zero-order valence-electron chi connectivity index (χ0n) is 4.30. The van der Waals surface area contributed by atoms with Gasteiger partial charge in [0.25, 0.3) is 5.91 Å². The molecule has 0 aliphatic heterocycles. The van der Waals surface area contributed by atoms with Crippen LogP contribution in [0.25, 0.3) is 0 Å². The first kappa shape index (κ1) is 9.03. The number of rotatable bonds is 3. The molecule has 4 nitrogen and oxygen atoms in total. The highest BCUT2D eigenvalue weighted by molar-refractivity contribution is 9.12. The molecule has 9 heavy (non-hydrogen) atoms. The third-order valence-electron chi connectivity index (χ3n) is 0.699. The molecule has 1 amide bonds. The summed E-state index contributed by atoms with van der Waals surface area (Å²) in [7, 11) is 0. The van der Waals surface area contributed by atoms with E-state index < -0.39 is 10.4 Å². The highest BCUT2D eigenvalue weighted by atomic mass is 79.9. The molecule has 0 heterocycles. The van der Waals surface area contributed by atoms with Crippen LogP contribution in [0.3, 0.4) is 0 Å². The number of alkyl halides is 2. The van der Waals surface area contributed by atoms with Crippen LogP contribution in [-0.2, 0) is 4.79 Å². The minimum atomic E-state index is -1.48. The van der Waals surface area contributed by atoms with Crippen molar-refractivity contribution in [1.29, 1.82) is 0 Å². The van der Waals surface area contributed by atoms with Crippen LogP contribution in [0.5, 0.6) is 0 Å². The summed E-state index contributed by atoms with van der Waals surface area (Å²) < 4.78 is -1.48. The van der Waals surface area contributed by atoms with Crippen LogP contribution in [0.2, 0.25) is 0 Å². The molecular weight excluding hydrogens is 256 g/mol. The third-order valence-corrected chi connectivity index (χ3v) is 3.08. The molecule has 1 atom stereocenters. The molecule has 0 aliphatic carbocycles. The van der Waals surface area contributed by atoms with Gasteiger partial charge in [-0.1, -0.05) is 15.9 Å². The molecule has 0 aromatic carbocycles. The van der Waals surface area contributed by atoms with Gasteiger partial charge in [-0.2, -0.15) is 0 Å². The molecule has 0 spiro atoms. The van der Waals surface area contributed by atoms with Crippen molar-refractivity contribution in [2.45, 2.75) is 4.45 Å². The standard InChI is InChI=1S/C3H4Br2N2O2/c4-1-3(5,7-9)2(6)8/h1H2,(H2,6,8). The number of primary amides is 1. The first-order chi connectivity index (χ1) is 4.06. The Morgan fingerprint density at radius 3 is 2.22 bits per heavy atom. The summed E-state index contributed by atoms with van der Waals surface area (Å²) in [6.45, 7) is 0. The Labute approximate surface area is 68.4 Å². The van der Waals surface area contributed by atoms with E-state index in [1.807, 2.05) is 0 Å². The van der Waals surface area contributed by atoms with Crippen molar-refractivity contribution in [3.05, 3.63) is 4.91 Å². The van der Waals surface area contributed by atoms with Crippen molar-refractivity contribution in [1.82, 2.24) is 0 Å². The van der Waals surface area contributed by atoms with Crippen LogP contribution in [0.15, 0.2) is 5.18 Å². The molecule has 0 aliphatic rings. The van der Waals surface area contributed by atoms with E-state index in [1.165, 1.54) is 0 Å². The van der Waals surface area contributed by atoms with Crippen LogP contribution in [-0.4, -0.2) is 15.7 Å². The number of carbonyl (C=O) groups excluding carboxylic acids is 1. The second-order valence-electron chi connectivity index (χ2n) is 1.35. The zero-order chi connectivity index (χ0) is 7.49. The molecule has 2 N–H and O–H groups in total. The molecule has 0 fully saturated rings. The molecule has 0 saturated heterocycles. The Bertz CT molecular complexity index is 140. The summed E-state index contributed by atoms with van der Waals surface area (Å²) in [5.74, 6) is -0.797. The Morgan fingerprint density at radius 2 is 2.22 bits per heavy atom. The van der Waals surface area contributed by atoms with Crippen LogP contribution in [0, 0.1) is 4.91 Å². The topological polar surface area (TPSA) is 72.5 Å². The van der Waals surface area contributed by atoms with Gasteiger partial charge in [0.05, 0.1) is 5.33 Å². The summed E-state index contributed by atoms with van der Waals surface area (Å²) in [6.07, 6.45) is 0. The largest absolute Gasteiger partial charge is 0.367 e. The van der Waals surface area contributed by atoms with E-state index in [9.17, 15) is 9.70 Å². The lowest BCUT2D eigenvalue weighted by molar-refractivity contribution is -0.119. The smallest absolute Gasteiger partial charge is 0.260 e. The second-order valence-corrected chi connectivity index (χ2v) is 3.22. The van der Waals surface area contributed by atoms with E-state index in [0.29, 0.717) is 0 Å². The molecule has 0 saturated carbocycles. The van der Waals surface area contributed by atoms with Gasteiger partial charge in [-0.05, 0) is 21.1 Å². The highest BCUT2D eigenvalue weighted by Crippen LogP contribution is 2.21. The van der Waals surface area contributed by atoms with Gasteiger partial charge in [0.15, 0.2) is 0 Å². The van der Waals surface area contributed by atoms with E-state index in [-0.39, 0.29) is 5.33 Å². The lowest BCUT2D eigenvalue weighted by Crippen LogP contribution is -2.37. The predicted octanol–water partition coefficient (Wildman–Crippen LogP) is 0.724. The van der Waals surface area contributed by atoms with E-state index in [1.54, 1.807) is 0 Å². The summed E-state index contributed by atoms with van der Waals surface area (Å²) in [5, 5.41) is 2.57. The molecule has 0 aromatic heterocycles. The Hall–Kier alpha value is 0.0300. The minimum absolute atomic E-state index is 0.0822. The van der Waals surface area contributed by atoms with E-state index in [0.717, 1.165) is 0 Å². The summed E-state index contributed by atoms with van der Waals surface area (Å²) >= 11 is 5.64. The average molecular weight is 260 g/mol. The fourth-order valence-corrected chi connectivity index (χ4v) is 0.514. The van der Waals surface area contributed by atoms with E-state index >= 15 is 0 Å². The van der Waals surface area contributed by atoms with Gasteiger partial charge in [-0.3, -0.25) is 4.79 Å². The van der Waals surface area contributed by atoms with Gasteiger partial charge in [0.2, 0.25) is 4.45 Å². The summed E-state index contributed by atoms with van der Waals surface area (Å²) in [4.78, 5) is 20.2. The molecule has 1 unspecified atom stereocenters. The summed E-state index contributed by atoms with van der Waals surface area (Å²) in [5.41, 5.74) is 4.78. The van der Waals surface area contributed by atoms with Crippen LogP contribution in [0.1, 0.15) is 0 Å². The monoisotopic (exact) mass is 258 g/mol. The number of nitroso groups, excluding NO2 is 1. The Morgan fingerprint density at radius 1 is 1.78 bits per heavy atom. The van der Waals surface area contributed by atoms with Crippen molar-refractivity contribution in [2.24, 2.45) is 10.9 Å². The number of halogens is 2. The third kappa shape index (κ3) is 2.02. The lowest BCUT2D eigenvalue weighted by Gasteiger charge is -2.09. The van der Waals surface area contributed by atoms with Gasteiger partial charge in [-0.25, -0.2) is 0 Å². The van der Waals surface area contributed by atoms with Crippen molar-refractivity contribution < 1.29 is 4.79 Å². The maximum Gasteiger partial charge on any atom is 0.260 e. The van der Waals surface area contributed by atoms with Crippen LogP contribution >= 0.6 is 31.9 Å². The van der Waals surface area contributed by atoms with Crippen molar-refractivity contribution in [3.8, 4) is 0 Å². The molecular formula is C3H4Br2N2O2.